The average Bonchev–Trinajstić information content (AvgIpc) is 2.66. The summed E-state index contributed by atoms with van der Waals surface area (Å²) in [5.74, 6) is -2.83. The first-order valence-corrected chi connectivity index (χ1v) is 8.78. The van der Waals surface area contributed by atoms with Crippen molar-refractivity contribution in [2.24, 2.45) is 0 Å². The molecule has 0 aromatic heterocycles. The second-order valence-corrected chi connectivity index (χ2v) is 6.43. The lowest BCUT2D eigenvalue weighted by atomic mass is 10.1. The zero-order chi connectivity index (χ0) is 20.3. The van der Waals surface area contributed by atoms with Crippen LogP contribution in [0.25, 0.3) is 0 Å². The normalized spacial score (nSPS) is 24.4. The maximum atomic E-state index is 13.9. The Morgan fingerprint density at radius 3 is 1.46 bits per heavy atom. The van der Waals surface area contributed by atoms with E-state index in [0.717, 1.165) is 12.1 Å². The molecule has 1 aliphatic heterocycles. The summed E-state index contributed by atoms with van der Waals surface area (Å²) in [5.41, 5.74) is -0.340. The number of benzene rings is 2. The van der Waals surface area contributed by atoms with E-state index in [2.05, 4.69) is 10.6 Å². The molecule has 0 aliphatic carbocycles. The molecule has 1 fully saturated rings. The number of hydrogen-bond donors (Lipinski definition) is 2. The van der Waals surface area contributed by atoms with E-state index in [1.807, 2.05) is 0 Å². The topological polar surface area (TPSA) is 76.7 Å². The number of carbonyl (C=O) groups excluding carboxylic acids is 2. The standard InChI is InChI=1S/C20H20F2N2O4/c1-11-12(2)28-20(24-18(26)14-8-4-6-10-16(14)22)19(27-11)23-17(25)13-7-3-5-9-15(13)21/h3-12,19-20H,1-2H3,(H,23,25)(H,24,26)/t11-,12-,19-,20+/m0/s1. The first-order chi connectivity index (χ1) is 13.4. The maximum absolute atomic E-state index is 13.9. The Hall–Kier alpha value is -2.84. The van der Waals surface area contributed by atoms with Gasteiger partial charge in [-0.2, -0.15) is 0 Å². The van der Waals surface area contributed by atoms with Crippen molar-refractivity contribution in [2.45, 2.75) is 38.5 Å². The van der Waals surface area contributed by atoms with Crippen molar-refractivity contribution in [3.8, 4) is 0 Å². The molecular formula is C20H20F2N2O4. The number of carbonyl (C=O) groups is 2. The van der Waals surface area contributed by atoms with Gasteiger partial charge in [-0.25, -0.2) is 8.78 Å². The molecule has 0 radical (unpaired) electrons. The molecule has 0 bridgehead atoms. The average molecular weight is 390 g/mol. The molecule has 2 aromatic carbocycles. The number of ether oxygens (including phenoxy) is 2. The highest BCUT2D eigenvalue weighted by Gasteiger charge is 2.37. The Balaban J connectivity index is 1.77. The molecule has 2 aromatic rings. The van der Waals surface area contributed by atoms with Crippen LogP contribution in [0, 0.1) is 11.6 Å². The zero-order valence-corrected chi connectivity index (χ0v) is 15.3. The van der Waals surface area contributed by atoms with Crippen molar-refractivity contribution in [3.63, 3.8) is 0 Å². The summed E-state index contributed by atoms with van der Waals surface area (Å²) in [6.07, 6.45) is -2.97. The smallest absolute Gasteiger partial charge is 0.256 e. The minimum Gasteiger partial charge on any atom is -0.348 e. The SMILES string of the molecule is C[C@@H]1O[C@@H](NC(=O)c2ccccc2F)[C@@H](NC(=O)c2ccccc2F)O[C@H]1C. The Labute approximate surface area is 160 Å². The highest BCUT2D eigenvalue weighted by atomic mass is 19.1. The van der Waals surface area contributed by atoms with Crippen LogP contribution in [0.4, 0.5) is 8.78 Å². The van der Waals surface area contributed by atoms with Crippen LogP contribution in [0.5, 0.6) is 0 Å². The van der Waals surface area contributed by atoms with Crippen LogP contribution in [-0.4, -0.2) is 36.5 Å². The third-order valence-electron chi connectivity index (χ3n) is 4.44. The minimum absolute atomic E-state index is 0.170. The van der Waals surface area contributed by atoms with E-state index in [9.17, 15) is 18.4 Å². The Morgan fingerprint density at radius 1 is 0.750 bits per heavy atom. The van der Waals surface area contributed by atoms with Crippen LogP contribution in [0.15, 0.2) is 48.5 Å². The lowest BCUT2D eigenvalue weighted by molar-refractivity contribution is -0.220. The molecule has 28 heavy (non-hydrogen) atoms. The molecule has 6 nitrogen and oxygen atoms in total. The number of rotatable bonds is 4. The lowest BCUT2D eigenvalue weighted by Crippen LogP contribution is -2.61. The fraction of sp³-hybridized carbons (Fsp3) is 0.300. The van der Waals surface area contributed by atoms with Gasteiger partial charge in [-0.3, -0.25) is 9.59 Å². The van der Waals surface area contributed by atoms with Crippen LogP contribution >= 0.6 is 0 Å². The molecule has 1 heterocycles. The summed E-state index contributed by atoms with van der Waals surface area (Å²) in [7, 11) is 0. The Kier molecular flexibility index (Phi) is 6.01. The first-order valence-electron chi connectivity index (χ1n) is 8.78. The third-order valence-corrected chi connectivity index (χ3v) is 4.44. The van der Waals surface area contributed by atoms with Crippen LogP contribution < -0.4 is 10.6 Å². The van der Waals surface area contributed by atoms with Crippen molar-refractivity contribution in [1.82, 2.24) is 10.6 Å². The summed E-state index contributed by atoms with van der Waals surface area (Å²) < 4.78 is 39.2. The van der Waals surface area contributed by atoms with Gasteiger partial charge >= 0.3 is 0 Å². The molecule has 0 unspecified atom stereocenters. The molecule has 0 saturated carbocycles. The molecular weight excluding hydrogens is 370 g/mol. The van der Waals surface area contributed by atoms with E-state index in [4.69, 9.17) is 9.47 Å². The highest BCUT2D eigenvalue weighted by Crippen LogP contribution is 2.19. The van der Waals surface area contributed by atoms with E-state index < -0.39 is 48.1 Å². The summed E-state index contributed by atoms with van der Waals surface area (Å²) in [5, 5.41) is 5.03. The van der Waals surface area contributed by atoms with Crippen LogP contribution in [0.2, 0.25) is 0 Å². The fourth-order valence-corrected chi connectivity index (χ4v) is 2.75. The van der Waals surface area contributed by atoms with Gasteiger partial charge in [0.25, 0.3) is 11.8 Å². The summed E-state index contributed by atoms with van der Waals surface area (Å²) >= 11 is 0. The van der Waals surface area contributed by atoms with Crippen molar-refractivity contribution in [1.29, 1.82) is 0 Å². The van der Waals surface area contributed by atoms with Crippen molar-refractivity contribution in [2.75, 3.05) is 0 Å². The maximum Gasteiger partial charge on any atom is 0.256 e. The van der Waals surface area contributed by atoms with Crippen molar-refractivity contribution in [3.05, 3.63) is 71.3 Å². The first kappa shape index (κ1) is 19.9. The number of halogens is 2. The monoisotopic (exact) mass is 390 g/mol. The van der Waals surface area contributed by atoms with E-state index in [1.165, 1.54) is 36.4 Å². The van der Waals surface area contributed by atoms with Gasteiger partial charge in [0.1, 0.15) is 11.6 Å². The van der Waals surface area contributed by atoms with E-state index in [1.54, 1.807) is 13.8 Å². The molecule has 8 heteroatoms. The molecule has 2 amide bonds. The van der Waals surface area contributed by atoms with Crippen LogP contribution in [0.3, 0.4) is 0 Å². The Morgan fingerprint density at radius 2 is 1.11 bits per heavy atom. The summed E-state index contributed by atoms with van der Waals surface area (Å²) in [6.45, 7) is 3.48. The molecule has 1 aliphatic rings. The number of hydrogen-bond acceptors (Lipinski definition) is 4. The molecule has 2 N–H and O–H groups in total. The van der Waals surface area contributed by atoms with Gasteiger partial charge in [0.05, 0.1) is 23.3 Å². The second kappa shape index (κ2) is 8.45. The Bertz CT molecular complexity index is 805. The number of amides is 2. The molecule has 4 atom stereocenters. The van der Waals surface area contributed by atoms with Gasteiger partial charge in [-0.1, -0.05) is 24.3 Å². The zero-order valence-electron chi connectivity index (χ0n) is 15.3. The van der Waals surface area contributed by atoms with Gasteiger partial charge in [0, 0.05) is 0 Å². The van der Waals surface area contributed by atoms with Gasteiger partial charge in [0.15, 0.2) is 12.5 Å². The second-order valence-electron chi connectivity index (χ2n) is 6.43. The van der Waals surface area contributed by atoms with Gasteiger partial charge in [0.2, 0.25) is 0 Å². The van der Waals surface area contributed by atoms with E-state index >= 15 is 0 Å². The highest BCUT2D eigenvalue weighted by molar-refractivity contribution is 5.95. The van der Waals surface area contributed by atoms with E-state index in [0.29, 0.717) is 0 Å². The molecule has 148 valence electrons. The van der Waals surface area contributed by atoms with Crippen LogP contribution in [-0.2, 0) is 9.47 Å². The fourth-order valence-electron chi connectivity index (χ4n) is 2.75. The van der Waals surface area contributed by atoms with E-state index in [-0.39, 0.29) is 11.1 Å². The minimum atomic E-state index is -1.09. The van der Waals surface area contributed by atoms with Gasteiger partial charge in [-0.15, -0.1) is 0 Å². The van der Waals surface area contributed by atoms with Gasteiger partial charge < -0.3 is 20.1 Å². The largest absolute Gasteiger partial charge is 0.348 e. The molecule has 1 saturated heterocycles. The summed E-state index contributed by atoms with van der Waals surface area (Å²) in [6, 6.07) is 11.0. The van der Waals surface area contributed by atoms with Crippen LogP contribution in [0.1, 0.15) is 34.6 Å². The third kappa shape index (κ3) is 4.35. The lowest BCUT2D eigenvalue weighted by Gasteiger charge is -2.39. The van der Waals surface area contributed by atoms with Crippen molar-refractivity contribution < 1.29 is 27.8 Å². The van der Waals surface area contributed by atoms with Gasteiger partial charge in [-0.05, 0) is 38.1 Å². The predicted octanol–water partition coefficient (Wildman–Crippen LogP) is 2.60. The molecule has 0 spiro atoms. The number of nitrogens with one attached hydrogen (secondary N) is 2. The summed E-state index contributed by atoms with van der Waals surface area (Å²) in [4.78, 5) is 24.8. The van der Waals surface area contributed by atoms with Crippen molar-refractivity contribution >= 4 is 11.8 Å². The molecule has 3 rings (SSSR count). The quantitative estimate of drug-likeness (QED) is 0.842. The predicted molar refractivity (Wildman–Crippen MR) is 96.4 cm³/mol.